The van der Waals surface area contributed by atoms with Gasteiger partial charge in [-0.1, -0.05) is 28.1 Å². The van der Waals surface area contributed by atoms with Gasteiger partial charge in [0.2, 0.25) is 0 Å². The summed E-state index contributed by atoms with van der Waals surface area (Å²) in [4.78, 5) is 4.25. The van der Waals surface area contributed by atoms with Gasteiger partial charge in [-0.2, -0.15) is 0 Å². The van der Waals surface area contributed by atoms with Gasteiger partial charge in [-0.25, -0.2) is 8.42 Å². The highest BCUT2D eigenvalue weighted by Gasteiger charge is 2.44. The van der Waals surface area contributed by atoms with Crippen molar-refractivity contribution in [3.63, 3.8) is 0 Å². The van der Waals surface area contributed by atoms with Crippen molar-refractivity contribution in [3.8, 4) is 0 Å². The van der Waals surface area contributed by atoms with E-state index in [0.717, 1.165) is 29.8 Å². The monoisotopic (exact) mass is 415 g/mol. The van der Waals surface area contributed by atoms with E-state index in [9.17, 15) is 8.42 Å². The van der Waals surface area contributed by atoms with Crippen LogP contribution in [0.4, 0.5) is 0 Å². The van der Waals surface area contributed by atoms with Crippen LogP contribution >= 0.6 is 15.9 Å². The van der Waals surface area contributed by atoms with Crippen molar-refractivity contribution in [2.24, 2.45) is 4.99 Å². The minimum Gasteiger partial charge on any atom is -0.356 e. The first-order valence-corrected chi connectivity index (χ1v) is 11.0. The lowest BCUT2D eigenvalue weighted by Crippen LogP contribution is -2.45. The van der Waals surface area contributed by atoms with Gasteiger partial charge in [0.1, 0.15) is 9.84 Å². The van der Waals surface area contributed by atoms with Crippen LogP contribution in [0.1, 0.15) is 31.7 Å². The smallest absolute Gasteiger partial charge is 0.191 e. The molecule has 0 bridgehead atoms. The largest absolute Gasteiger partial charge is 0.356 e. The van der Waals surface area contributed by atoms with E-state index in [0.29, 0.717) is 6.42 Å². The van der Waals surface area contributed by atoms with Crippen molar-refractivity contribution in [2.75, 3.05) is 25.6 Å². The molecular weight excluding hydrogens is 390 g/mol. The van der Waals surface area contributed by atoms with Crippen LogP contribution in [0.3, 0.4) is 0 Å². The van der Waals surface area contributed by atoms with Crippen molar-refractivity contribution in [1.29, 1.82) is 0 Å². The van der Waals surface area contributed by atoms with E-state index in [1.54, 1.807) is 7.05 Å². The van der Waals surface area contributed by atoms with Crippen molar-refractivity contribution in [1.82, 2.24) is 10.6 Å². The van der Waals surface area contributed by atoms with Crippen molar-refractivity contribution in [3.05, 3.63) is 34.3 Å². The minimum atomic E-state index is -2.93. The predicted molar refractivity (Wildman–Crippen MR) is 103 cm³/mol. The summed E-state index contributed by atoms with van der Waals surface area (Å²) >= 11 is 3.54. The van der Waals surface area contributed by atoms with Crippen molar-refractivity contribution < 1.29 is 8.42 Å². The topological polar surface area (TPSA) is 70.6 Å². The van der Waals surface area contributed by atoms with E-state index in [2.05, 4.69) is 49.8 Å². The van der Waals surface area contributed by atoms with Crippen LogP contribution in [0.2, 0.25) is 0 Å². The fourth-order valence-electron chi connectivity index (χ4n) is 2.68. The zero-order valence-corrected chi connectivity index (χ0v) is 16.9. The molecule has 0 radical (unpaired) electrons. The molecule has 0 heterocycles. The van der Waals surface area contributed by atoms with Crippen LogP contribution in [0.15, 0.2) is 33.7 Å². The first-order valence-electron chi connectivity index (χ1n) is 8.15. The van der Waals surface area contributed by atoms with Crippen LogP contribution in [-0.2, 0) is 15.3 Å². The van der Waals surface area contributed by atoms with Gasteiger partial charge in [-0.3, -0.25) is 4.99 Å². The molecule has 1 aliphatic carbocycles. The van der Waals surface area contributed by atoms with E-state index in [4.69, 9.17) is 0 Å². The number of nitrogens with zero attached hydrogens (tertiary/aromatic N) is 1. The Balaban J connectivity index is 1.88. The molecule has 2 N–H and O–H groups in total. The van der Waals surface area contributed by atoms with E-state index >= 15 is 0 Å². The Hall–Kier alpha value is -1.08. The highest BCUT2D eigenvalue weighted by molar-refractivity contribution is 9.10. The molecule has 0 amide bonds. The normalized spacial score (nSPS) is 18.1. The third-order valence-corrected chi connectivity index (χ3v) is 5.88. The maximum Gasteiger partial charge on any atom is 0.191 e. The first kappa shape index (κ1) is 19.2. The second-order valence-electron chi connectivity index (χ2n) is 6.68. The molecule has 1 atom stereocenters. The van der Waals surface area contributed by atoms with Gasteiger partial charge < -0.3 is 10.6 Å². The second kappa shape index (κ2) is 7.87. The molecule has 1 aliphatic rings. The molecule has 1 aromatic rings. The average Bonchev–Trinajstić information content (AvgIpc) is 3.30. The van der Waals surface area contributed by atoms with E-state index in [1.807, 2.05) is 13.0 Å². The minimum absolute atomic E-state index is 0.0481. The molecule has 7 heteroatoms. The van der Waals surface area contributed by atoms with E-state index < -0.39 is 9.84 Å². The second-order valence-corrected chi connectivity index (χ2v) is 9.86. The van der Waals surface area contributed by atoms with Crippen LogP contribution in [0.25, 0.3) is 0 Å². The first-order chi connectivity index (χ1) is 11.2. The predicted octanol–water partition coefficient (Wildman–Crippen LogP) is 2.47. The number of hydrogen-bond acceptors (Lipinski definition) is 3. The number of aliphatic imine (C=N–C) groups is 1. The van der Waals surface area contributed by atoms with E-state index in [1.165, 1.54) is 11.8 Å². The SMILES string of the molecule is CN=C(NCC1(c2cccc(Br)c2)CC1)NC(C)CCS(C)(=O)=O. The molecule has 0 aliphatic heterocycles. The molecule has 0 saturated heterocycles. The third kappa shape index (κ3) is 5.77. The van der Waals surface area contributed by atoms with Gasteiger partial charge >= 0.3 is 0 Å². The molecule has 2 rings (SSSR count). The number of hydrogen-bond donors (Lipinski definition) is 2. The zero-order valence-electron chi connectivity index (χ0n) is 14.5. The molecule has 1 unspecified atom stereocenters. The van der Waals surface area contributed by atoms with Crippen molar-refractivity contribution >= 4 is 31.7 Å². The summed E-state index contributed by atoms with van der Waals surface area (Å²) in [5, 5.41) is 6.66. The maximum atomic E-state index is 11.3. The van der Waals surface area contributed by atoms with Crippen LogP contribution in [0, 0.1) is 0 Å². The summed E-state index contributed by atoms with van der Waals surface area (Å²) in [5.41, 5.74) is 1.52. The highest BCUT2D eigenvalue weighted by Crippen LogP contribution is 2.48. The fraction of sp³-hybridized carbons (Fsp3) is 0.588. The standard InChI is InChI=1S/C17H26BrN3O2S/c1-13(7-10-24(3,22)23)21-16(19-2)20-12-17(8-9-17)14-5-4-6-15(18)11-14/h4-6,11,13H,7-10,12H2,1-3H3,(H2,19,20,21). The molecule has 1 saturated carbocycles. The number of rotatable bonds is 7. The lowest BCUT2D eigenvalue weighted by molar-refractivity contribution is 0.576. The Bertz CT molecular complexity index is 700. The Morgan fingerprint density at radius 1 is 1.42 bits per heavy atom. The molecular formula is C17H26BrN3O2S. The highest BCUT2D eigenvalue weighted by atomic mass is 79.9. The fourth-order valence-corrected chi connectivity index (χ4v) is 3.86. The molecule has 5 nitrogen and oxygen atoms in total. The maximum absolute atomic E-state index is 11.3. The zero-order chi connectivity index (χ0) is 17.8. The Morgan fingerprint density at radius 3 is 2.67 bits per heavy atom. The summed E-state index contributed by atoms with van der Waals surface area (Å²) in [6.45, 7) is 2.79. The lowest BCUT2D eigenvalue weighted by Gasteiger charge is -2.21. The van der Waals surface area contributed by atoms with Gasteiger partial charge in [0, 0.05) is 35.8 Å². The molecule has 1 fully saturated rings. The molecule has 0 spiro atoms. The summed E-state index contributed by atoms with van der Waals surface area (Å²) < 4.78 is 23.6. The van der Waals surface area contributed by atoms with Crippen molar-refractivity contribution in [2.45, 2.75) is 37.6 Å². The quantitative estimate of drug-likeness (QED) is 0.529. The van der Waals surface area contributed by atoms with Crippen LogP contribution in [-0.4, -0.2) is 46.0 Å². The Labute approximate surface area is 153 Å². The summed E-state index contributed by atoms with van der Waals surface area (Å²) in [5.74, 6) is 0.900. The molecule has 1 aromatic carbocycles. The van der Waals surface area contributed by atoms with Gasteiger partial charge in [-0.15, -0.1) is 0 Å². The Kier molecular flexibility index (Phi) is 6.31. The van der Waals surface area contributed by atoms with Gasteiger partial charge in [0.05, 0.1) is 5.75 Å². The van der Waals surface area contributed by atoms with Gasteiger partial charge in [0.25, 0.3) is 0 Å². The number of guanidine groups is 1. The number of sulfone groups is 1. The summed E-state index contributed by atoms with van der Waals surface area (Å²) in [6, 6.07) is 8.51. The van der Waals surface area contributed by atoms with Gasteiger partial charge in [0.15, 0.2) is 5.96 Å². The average molecular weight is 416 g/mol. The van der Waals surface area contributed by atoms with E-state index in [-0.39, 0.29) is 17.2 Å². The summed E-state index contributed by atoms with van der Waals surface area (Å²) in [7, 11) is -1.20. The number of halogens is 1. The number of nitrogens with one attached hydrogen (secondary N) is 2. The van der Waals surface area contributed by atoms with Crippen LogP contribution in [0.5, 0.6) is 0 Å². The van der Waals surface area contributed by atoms with Crippen LogP contribution < -0.4 is 10.6 Å². The van der Waals surface area contributed by atoms with Gasteiger partial charge in [-0.05, 0) is 43.9 Å². The Morgan fingerprint density at radius 2 is 2.12 bits per heavy atom. The number of benzene rings is 1. The molecule has 24 heavy (non-hydrogen) atoms. The summed E-state index contributed by atoms with van der Waals surface area (Å²) in [6.07, 6.45) is 4.16. The third-order valence-electron chi connectivity index (χ3n) is 4.41. The molecule has 134 valence electrons. The molecule has 0 aromatic heterocycles. The lowest BCUT2D eigenvalue weighted by atomic mass is 9.96.